The van der Waals surface area contributed by atoms with Crippen molar-refractivity contribution in [1.29, 1.82) is 0 Å². The first-order chi connectivity index (χ1) is 7.88. The second-order valence-corrected chi connectivity index (χ2v) is 5.94. The van der Waals surface area contributed by atoms with Crippen LogP contribution in [0.5, 0.6) is 0 Å². The molecule has 0 bridgehead atoms. The molecule has 0 spiro atoms. The van der Waals surface area contributed by atoms with Crippen LogP contribution in [0.15, 0.2) is 11.1 Å². The van der Waals surface area contributed by atoms with E-state index in [1.165, 1.54) is 5.57 Å². The number of unbranched alkanes of at least 4 members (excludes halogenated alkanes) is 1. The number of rotatable bonds is 8. The highest BCUT2D eigenvalue weighted by molar-refractivity contribution is 5.94. The first kappa shape index (κ1) is 16.4. The molecule has 0 saturated carbocycles. The first-order valence-electron chi connectivity index (χ1n) is 7.10. The SMILES string of the molecule is CCCCC(C(C)=O)=C(CC(C)C)CC(C)C. The lowest BCUT2D eigenvalue weighted by Gasteiger charge is -2.17. The van der Waals surface area contributed by atoms with Gasteiger partial charge in [0.15, 0.2) is 5.78 Å². The maximum atomic E-state index is 11.8. The van der Waals surface area contributed by atoms with E-state index in [4.69, 9.17) is 0 Å². The minimum absolute atomic E-state index is 0.287. The quantitative estimate of drug-likeness (QED) is 0.534. The van der Waals surface area contributed by atoms with E-state index >= 15 is 0 Å². The molecule has 0 aliphatic carbocycles. The smallest absolute Gasteiger partial charge is 0.155 e. The third-order valence-electron chi connectivity index (χ3n) is 2.94. The number of allylic oxidation sites excluding steroid dienone is 2. The molecule has 0 aromatic heterocycles. The first-order valence-corrected chi connectivity index (χ1v) is 7.10. The Hall–Kier alpha value is -0.590. The molecule has 0 aromatic rings. The zero-order valence-electron chi connectivity index (χ0n) is 12.6. The van der Waals surface area contributed by atoms with Crippen LogP contribution >= 0.6 is 0 Å². The molecule has 100 valence electrons. The van der Waals surface area contributed by atoms with Crippen molar-refractivity contribution in [2.24, 2.45) is 11.8 Å². The van der Waals surface area contributed by atoms with Crippen LogP contribution in [0.2, 0.25) is 0 Å². The molecule has 0 aromatic carbocycles. The Labute approximate surface area is 108 Å². The molecule has 0 radical (unpaired) electrons. The molecule has 0 unspecified atom stereocenters. The number of hydrogen-bond donors (Lipinski definition) is 0. The third-order valence-corrected chi connectivity index (χ3v) is 2.94. The molecule has 0 saturated heterocycles. The van der Waals surface area contributed by atoms with E-state index < -0.39 is 0 Å². The van der Waals surface area contributed by atoms with Gasteiger partial charge in [-0.1, -0.05) is 46.6 Å². The molecule has 0 atom stereocenters. The molecule has 0 heterocycles. The summed E-state index contributed by atoms with van der Waals surface area (Å²) in [6.07, 6.45) is 5.43. The summed E-state index contributed by atoms with van der Waals surface area (Å²) in [4.78, 5) is 11.8. The molecule has 0 N–H and O–H groups in total. The van der Waals surface area contributed by atoms with E-state index in [9.17, 15) is 4.79 Å². The Kier molecular flexibility index (Phi) is 8.20. The average molecular weight is 238 g/mol. The molecule has 1 heteroatoms. The monoisotopic (exact) mass is 238 g/mol. The number of Topliss-reactive ketones (excluding diaryl/α,β-unsaturated/α-hetero) is 1. The molecular formula is C16H30O. The molecule has 0 aliphatic rings. The van der Waals surface area contributed by atoms with E-state index in [0.29, 0.717) is 11.8 Å². The van der Waals surface area contributed by atoms with Crippen LogP contribution in [0.25, 0.3) is 0 Å². The van der Waals surface area contributed by atoms with Crippen LogP contribution in [0.3, 0.4) is 0 Å². The summed E-state index contributed by atoms with van der Waals surface area (Å²) in [5, 5.41) is 0. The average Bonchev–Trinajstić information content (AvgIpc) is 2.15. The van der Waals surface area contributed by atoms with Crippen LogP contribution in [-0.2, 0) is 4.79 Å². The van der Waals surface area contributed by atoms with Crippen molar-refractivity contribution in [3.8, 4) is 0 Å². The van der Waals surface area contributed by atoms with Crippen molar-refractivity contribution in [2.45, 2.75) is 73.6 Å². The van der Waals surface area contributed by atoms with Gasteiger partial charge in [0, 0.05) is 0 Å². The lowest BCUT2D eigenvalue weighted by Crippen LogP contribution is -2.07. The Bertz CT molecular complexity index is 247. The van der Waals surface area contributed by atoms with Gasteiger partial charge in [-0.25, -0.2) is 0 Å². The summed E-state index contributed by atoms with van der Waals surface area (Å²) in [6.45, 7) is 12.8. The molecule has 0 fully saturated rings. The van der Waals surface area contributed by atoms with Gasteiger partial charge in [0.05, 0.1) is 0 Å². The van der Waals surface area contributed by atoms with E-state index in [1.54, 1.807) is 6.92 Å². The van der Waals surface area contributed by atoms with E-state index in [1.807, 2.05) is 0 Å². The molecular weight excluding hydrogens is 208 g/mol. The minimum atomic E-state index is 0.287. The topological polar surface area (TPSA) is 17.1 Å². The fourth-order valence-corrected chi connectivity index (χ4v) is 2.27. The molecule has 0 amide bonds. The Morgan fingerprint density at radius 1 is 1.00 bits per heavy atom. The highest BCUT2D eigenvalue weighted by Crippen LogP contribution is 2.26. The second kappa shape index (κ2) is 8.49. The second-order valence-electron chi connectivity index (χ2n) is 5.94. The predicted octanol–water partition coefficient (Wildman–Crippen LogP) is 5.15. The van der Waals surface area contributed by atoms with Gasteiger partial charge in [0.2, 0.25) is 0 Å². The highest BCUT2D eigenvalue weighted by Gasteiger charge is 2.13. The minimum Gasteiger partial charge on any atom is -0.295 e. The van der Waals surface area contributed by atoms with Gasteiger partial charge in [-0.2, -0.15) is 0 Å². The summed E-state index contributed by atoms with van der Waals surface area (Å²) in [6, 6.07) is 0. The van der Waals surface area contributed by atoms with Gasteiger partial charge in [-0.15, -0.1) is 0 Å². The summed E-state index contributed by atoms with van der Waals surface area (Å²) < 4.78 is 0. The molecule has 0 aliphatic heterocycles. The Morgan fingerprint density at radius 2 is 1.47 bits per heavy atom. The lowest BCUT2D eigenvalue weighted by atomic mass is 9.88. The van der Waals surface area contributed by atoms with Crippen molar-refractivity contribution >= 4 is 5.78 Å². The van der Waals surface area contributed by atoms with E-state index in [0.717, 1.165) is 37.7 Å². The van der Waals surface area contributed by atoms with E-state index in [2.05, 4.69) is 34.6 Å². The zero-order chi connectivity index (χ0) is 13.4. The van der Waals surface area contributed by atoms with Crippen molar-refractivity contribution < 1.29 is 4.79 Å². The lowest BCUT2D eigenvalue weighted by molar-refractivity contribution is -0.113. The normalized spacial score (nSPS) is 11.1. The summed E-state index contributed by atoms with van der Waals surface area (Å²) >= 11 is 0. The van der Waals surface area contributed by atoms with Gasteiger partial charge in [0.1, 0.15) is 0 Å². The molecule has 1 nitrogen and oxygen atoms in total. The van der Waals surface area contributed by atoms with Crippen LogP contribution in [0.4, 0.5) is 0 Å². The fraction of sp³-hybridized carbons (Fsp3) is 0.812. The van der Waals surface area contributed by atoms with Gasteiger partial charge < -0.3 is 0 Å². The van der Waals surface area contributed by atoms with Crippen molar-refractivity contribution in [1.82, 2.24) is 0 Å². The van der Waals surface area contributed by atoms with Crippen molar-refractivity contribution in [2.75, 3.05) is 0 Å². The zero-order valence-corrected chi connectivity index (χ0v) is 12.6. The molecule has 17 heavy (non-hydrogen) atoms. The fourth-order valence-electron chi connectivity index (χ4n) is 2.27. The number of carbonyl (C=O) groups is 1. The number of ketones is 1. The highest BCUT2D eigenvalue weighted by atomic mass is 16.1. The standard InChI is InChI=1S/C16H30O/c1-7-8-9-16(14(6)17)15(10-12(2)3)11-13(4)5/h12-13H,7-11H2,1-6H3. The predicted molar refractivity (Wildman–Crippen MR) is 76.1 cm³/mol. The summed E-state index contributed by atoms with van der Waals surface area (Å²) in [5.74, 6) is 1.56. The maximum absolute atomic E-state index is 11.8. The van der Waals surface area contributed by atoms with Crippen LogP contribution in [0, 0.1) is 11.8 Å². The summed E-state index contributed by atoms with van der Waals surface area (Å²) in [5.41, 5.74) is 2.53. The molecule has 0 rings (SSSR count). The van der Waals surface area contributed by atoms with Crippen LogP contribution < -0.4 is 0 Å². The van der Waals surface area contributed by atoms with Gasteiger partial charge >= 0.3 is 0 Å². The Balaban J connectivity index is 5.00. The van der Waals surface area contributed by atoms with Gasteiger partial charge in [0.25, 0.3) is 0 Å². The third kappa shape index (κ3) is 7.36. The summed E-state index contributed by atoms with van der Waals surface area (Å²) in [7, 11) is 0. The van der Waals surface area contributed by atoms with E-state index in [-0.39, 0.29) is 5.78 Å². The van der Waals surface area contributed by atoms with Gasteiger partial charge in [-0.3, -0.25) is 4.79 Å². The largest absolute Gasteiger partial charge is 0.295 e. The number of hydrogen-bond acceptors (Lipinski definition) is 1. The van der Waals surface area contributed by atoms with Crippen molar-refractivity contribution in [3.63, 3.8) is 0 Å². The van der Waals surface area contributed by atoms with Crippen molar-refractivity contribution in [3.05, 3.63) is 11.1 Å². The number of carbonyl (C=O) groups excluding carboxylic acids is 1. The van der Waals surface area contributed by atoms with Crippen LogP contribution in [-0.4, -0.2) is 5.78 Å². The van der Waals surface area contributed by atoms with Gasteiger partial charge in [-0.05, 0) is 50.0 Å². The van der Waals surface area contributed by atoms with Crippen LogP contribution in [0.1, 0.15) is 73.6 Å². The maximum Gasteiger partial charge on any atom is 0.155 e. The Morgan fingerprint density at radius 3 is 1.76 bits per heavy atom.